The highest BCUT2D eigenvalue weighted by Crippen LogP contribution is 2.29. The summed E-state index contributed by atoms with van der Waals surface area (Å²) in [6.07, 6.45) is 2.08. The number of amides is 1. The lowest BCUT2D eigenvalue weighted by molar-refractivity contribution is 0.102. The number of para-hydroxylation sites is 1. The number of nitriles is 1. The van der Waals surface area contributed by atoms with Gasteiger partial charge in [0.15, 0.2) is 0 Å². The van der Waals surface area contributed by atoms with Gasteiger partial charge < -0.3 is 15.2 Å². The summed E-state index contributed by atoms with van der Waals surface area (Å²) in [7, 11) is -4.04. The van der Waals surface area contributed by atoms with Crippen molar-refractivity contribution in [1.82, 2.24) is 0 Å². The third-order valence-corrected chi connectivity index (χ3v) is 6.99. The molecule has 3 aromatic rings. The Kier molecular flexibility index (Phi) is 8.41. The molecule has 3 aromatic carbocycles. The van der Waals surface area contributed by atoms with Crippen LogP contribution in [-0.2, 0) is 9.84 Å². The Morgan fingerprint density at radius 2 is 1.65 bits per heavy atom. The van der Waals surface area contributed by atoms with E-state index in [1.54, 1.807) is 55.5 Å². The zero-order valence-corrected chi connectivity index (χ0v) is 19.6. The van der Waals surface area contributed by atoms with Crippen LogP contribution < -0.4 is 10.1 Å². The van der Waals surface area contributed by atoms with Crippen LogP contribution in [0.25, 0.3) is 0 Å². The van der Waals surface area contributed by atoms with Gasteiger partial charge in [0, 0.05) is 5.56 Å². The number of unbranched alkanes of at least 4 members (excludes halogenated alkanes) is 1. The summed E-state index contributed by atoms with van der Waals surface area (Å²) < 4.78 is 32.2. The number of carbonyl (C=O) groups excluding carboxylic acids is 1. The van der Waals surface area contributed by atoms with Crippen LogP contribution in [0, 0.1) is 11.3 Å². The molecule has 0 heterocycles. The molecule has 8 heteroatoms. The Bertz CT molecular complexity index is 1280. The quantitative estimate of drug-likeness (QED) is 0.412. The molecule has 0 radical (unpaired) electrons. The van der Waals surface area contributed by atoms with Crippen LogP contribution in [0.2, 0.25) is 0 Å². The molecule has 0 saturated carbocycles. The Hall–Kier alpha value is -3.67. The van der Waals surface area contributed by atoms with Crippen LogP contribution in [0.15, 0.2) is 82.6 Å². The summed E-state index contributed by atoms with van der Waals surface area (Å²) in [5.74, 6) is 0.143. The summed E-state index contributed by atoms with van der Waals surface area (Å²) in [6.45, 7) is 2.26. The number of benzene rings is 3. The summed E-state index contributed by atoms with van der Waals surface area (Å²) in [5.41, 5.74) is 0.495. The predicted octanol–water partition coefficient (Wildman–Crippen LogP) is 4.57. The number of hydrogen-bond donors (Lipinski definition) is 2. The molecule has 2 N–H and O–H groups in total. The summed E-state index contributed by atoms with van der Waals surface area (Å²) in [4.78, 5) is 12.6. The van der Waals surface area contributed by atoms with Crippen LogP contribution in [0.4, 0.5) is 5.69 Å². The minimum Gasteiger partial charge on any atom is -0.494 e. The maximum Gasteiger partial charge on any atom is 0.255 e. The first-order valence-electron chi connectivity index (χ1n) is 10.9. The monoisotopic (exact) mass is 478 g/mol. The molecule has 0 fully saturated rings. The number of rotatable bonds is 10. The van der Waals surface area contributed by atoms with Crippen LogP contribution in [0.3, 0.4) is 0 Å². The van der Waals surface area contributed by atoms with Crippen molar-refractivity contribution in [3.8, 4) is 11.8 Å². The minimum absolute atomic E-state index is 0.0325. The van der Waals surface area contributed by atoms with Gasteiger partial charge in [-0.3, -0.25) is 4.79 Å². The van der Waals surface area contributed by atoms with Gasteiger partial charge >= 0.3 is 0 Å². The fraction of sp³-hybridized carbons (Fsp3) is 0.231. The standard InChI is InChI=1S/C26H26N2O5S/c1-19(29)8-6-7-17-33-22-15-13-20(14-16-22)26(30)28-23-10-3-5-12-25(23)34(31,32)24-11-4-2-9-21(24)18-27/h2-5,9-16,19,29H,6-8,17H2,1H3,(H,28,30). The number of nitrogens with one attached hydrogen (secondary N) is 1. The highest BCUT2D eigenvalue weighted by atomic mass is 32.2. The fourth-order valence-corrected chi connectivity index (χ4v) is 4.91. The van der Waals surface area contributed by atoms with Crippen LogP contribution in [0.5, 0.6) is 5.75 Å². The van der Waals surface area contributed by atoms with Crippen LogP contribution in [-0.4, -0.2) is 32.1 Å². The van der Waals surface area contributed by atoms with Crippen molar-refractivity contribution in [3.63, 3.8) is 0 Å². The van der Waals surface area contributed by atoms with Gasteiger partial charge in [0.1, 0.15) is 11.8 Å². The lowest BCUT2D eigenvalue weighted by atomic mass is 10.2. The Morgan fingerprint density at radius 3 is 2.32 bits per heavy atom. The van der Waals surface area contributed by atoms with Crippen LogP contribution in [0.1, 0.15) is 42.1 Å². The molecule has 1 amide bonds. The number of carbonyl (C=O) groups is 1. The first-order valence-corrected chi connectivity index (χ1v) is 12.4. The summed E-state index contributed by atoms with van der Waals surface area (Å²) >= 11 is 0. The molecule has 0 aromatic heterocycles. The molecule has 1 atom stereocenters. The van der Waals surface area contributed by atoms with Crippen molar-refractivity contribution in [2.75, 3.05) is 11.9 Å². The summed E-state index contributed by atoms with van der Waals surface area (Å²) in [6, 6.07) is 20.5. The van der Waals surface area contributed by atoms with E-state index < -0.39 is 15.7 Å². The minimum atomic E-state index is -4.04. The van der Waals surface area contributed by atoms with Gasteiger partial charge in [-0.2, -0.15) is 5.26 Å². The highest BCUT2D eigenvalue weighted by molar-refractivity contribution is 7.91. The van der Waals surface area contributed by atoms with Gasteiger partial charge in [-0.25, -0.2) is 8.42 Å². The van der Waals surface area contributed by atoms with Gasteiger partial charge in [-0.05, 0) is 74.7 Å². The maximum atomic E-state index is 13.2. The van der Waals surface area contributed by atoms with E-state index in [1.165, 1.54) is 24.3 Å². The Balaban J connectivity index is 1.72. The topological polar surface area (TPSA) is 116 Å². The number of ether oxygens (including phenoxy) is 1. The molecule has 0 bridgehead atoms. The SMILES string of the molecule is CC(O)CCCCOc1ccc(C(=O)Nc2ccccc2S(=O)(=O)c2ccccc2C#N)cc1. The van der Waals surface area contributed by atoms with E-state index in [1.807, 2.05) is 6.07 Å². The van der Waals surface area contributed by atoms with Gasteiger partial charge in [-0.15, -0.1) is 0 Å². The molecule has 3 rings (SSSR count). The van der Waals surface area contributed by atoms with Crippen molar-refractivity contribution < 1.29 is 23.1 Å². The van der Waals surface area contributed by atoms with Gasteiger partial charge in [-0.1, -0.05) is 24.3 Å². The molecule has 0 spiro atoms. The molecule has 7 nitrogen and oxygen atoms in total. The molecule has 176 valence electrons. The first-order chi connectivity index (χ1) is 16.3. The molecular formula is C26H26N2O5S. The Labute approximate surface area is 199 Å². The molecular weight excluding hydrogens is 452 g/mol. The van der Waals surface area contributed by atoms with E-state index in [-0.39, 0.29) is 27.1 Å². The van der Waals surface area contributed by atoms with E-state index in [4.69, 9.17) is 4.74 Å². The summed E-state index contributed by atoms with van der Waals surface area (Å²) in [5, 5.41) is 21.3. The molecule has 0 aliphatic rings. The average molecular weight is 479 g/mol. The normalized spacial score (nSPS) is 11.9. The molecule has 1 unspecified atom stereocenters. The van der Waals surface area contributed by atoms with E-state index in [2.05, 4.69) is 5.32 Å². The number of sulfone groups is 1. The van der Waals surface area contributed by atoms with Crippen molar-refractivity contribution >= 4 is 21.4 Å². The zero-order chi connectivity index (χ0) is 24.6. The van der Waals surface area contributed by atoms with Crippen molar-refractivity contribution in [3.05, 3.63) is 83.9 Å². The Morgan fingerprint density at radius 1 is 1.00 bits per heavy atom. The predicted molar refractivity (Wildman–Crippen MR) is 128 cm³/mol. The number of aliphatic hydroxyl groups is 1. The number of aliphatic hydroxyl groups excluding tert-OH is 1. The van der Waals surface area contributed by atoms with E-state index >= 15 is 0 Å². The zero-order valence-electron chi connectivity index (χ0n) is 18.8. The van der Waals surface area contributed by atoms with E-state index in [0.717, 1.165) is 19.3 Å². The second-order valence-corrected chi connectivity index (χ2v) is 9.67. The number of anilines is 1. The lowest BCUT2D eigenvalue weighted by Crippen LogP contribution is -2.15. The average Bonchev–Trinajstić information content (AvgIpc) is 2.84. The smallest absolute Gasteiger partial charge is 0.255 e. The van der Waals surface area contributed by atoms with E-state index in [9.17, 15) is 23.6 Å². The largest absolute Gasteiger partial charge is 0.494 e. The number of hydrogen-bond acceptors (Lipinski definition) is 6. The van der Waals surface area contributed by atoms with Gasteiger partial charge in [0.05, 0.1) is 33.8 Å². The molecule has 0 saturated heterocycles. The van der Waals surface area contributed by atoms with Crippen LogP contribution >= 0.6 is 0 Å². The van der Waals surface area contributed by atoms with Crippen molar-refractivity contribution in [2.24, 2.45) is 0 Å². The second-order valence-electron chi connectivity index (χ2n) is 7.78. The molecule has 0 aliphatic carbocycles. The second kappa shape index (κ2) is 11.5. The highest BCUT2D eigenvalue weighted by Gasteiger charge is 2.25. The first kappa shape index (κ1) is 25.0. The fourth-order valence-electron chi connectivity index (χ4n) is 3.34. The van der Waals surface area contributed by atoms with E-state index in [0.29, 0.717) is 17.9 Å². The third kappa shape index (κ3) is 6.22. The number of nitrogens with zero attached hydrogens (tertiary/aromatic N) is 1. The maximum absolute atomic E-state index is 13.2. The van der Waals surface area contributed by atoms with Crippen molar-refractivity contribution in [2.45, 2.75) is 42.1 Å². The molecule has 34 heavy (non-hydrogen) atoms. The third-order valence-electron chi connectivity index (χ3n) is 5.12. The molecule has 0 aliphatic heterocycles. The van der Waals surface area contributed by atoms with Gasteiger partial charge in [0.25, 0.3) is 5.91 Å². The van der Waals surface area contributed by atoms with Gasteiger partial charge in [0.2, 0.25) is 9.84 Å². The van der Waals surface area contributed by atoms with Crippen molar-refractivity contribution in [1.29, 1.82) is 5.26 Å². The lowest BCUT2D eigenvalue weighted by Gasteiger charge is -2.13.